The van der Waals surface area contributed by atoms with Gasteiger partial charge in [-0.3, -0.25) is 9.78 Å². The third-order valence-electron chi connectivity index (χ3n) is 8.05. The van der Waals surface area contributed by atoms with Gasteiger partial charge in [0.2, 0.25) is 11.8 Å². The normalized spacial score (nSPS) is 23.2. The van der Waals surface area contributed by atoms with Crippen LogP contribution in [0.25, 0.3) is 11.0 Å². The molecule has 1 amide bonds. The van der Waals surface area contributed by atoms with E-state index in [1.165, 1.54) is 37.2 Å². The molecule has 3 aromatic heterocycles. The van der Waals surface area contributed by atoms with Crippen LogP contribution in [0.15, 0.2) is 35.4 Å². The van der Waals surface area contributed by atoms with E-state index in [0.29, 0.717) is 52.9 Å². The first-order valence-electron chi connectivity index (χ1n) is 12.9. The Kier molecular flexibility index (Phi) is 6.73. The second kappa shape index (κ2) is 10.2. The van der Waals surface area contributed by atoms with Crippen molar-refractivity contribution in [1.29, 1.82) is 0 Å². The summed E-state index contributed by atoms with van der Waals surface area (Å²) in [6, 6.07) is 7.67. The fourth-order valence-corrected chi connectivity index (χ4v) is 6.98. The van der Waals surface area contributed by atoms with E-state index in [1.807, 2.05) is 18.2 Å². The Balaban J connectivity index is 1.09. The van der Waals surface area contributed by atoms with Gasteiger partial charge in [-0.05, 0) is 48.8 Å². The molecular formula is C27H31FN6O2S. The number of amides is 1. The Labute approximate surface area is 219 Å². The molecule has 1 saturated carbocycles. The highest BCUT2D eigenvalue weighted by Crippen LogP contribution is 2.48. The van der Waals surface area contributed by atoms with Crippen LogP contribution in [-0.4, -0.2) is 64.8 Å². The lowest BCUT2D eigenvalue weighted by Crippen LogP contribution is -2.38. The summed E-state index contributed by atoms with van der Waals surface area (Å²) in [6.45, 7) is 4.44. The lowest BCUT2D eigenvalue weighted by atomic mass is 9.80. The molecule has 2 aliphatic heterocycles. The van der Waals surface area contributed by atoms with Crippen molar-refractivity contribution in [2.45, 2.75) is 37.1 Å². The summed E-state index contributed by atoms with van der Waals surface area (Å²) in [5, 5.41) is 6.54. The van der Waals surface area contributed by atoms with Crippen LogP contribution < -0.4 is 15.4 Å². The van der Waals surface area contributed by atoms with Crippen molar-refractivity contribution in [3.8, 4) is 5.88 Å². The maximum atomic E-state index is 14.8. The quantitative estimate of drug-likeness (QED) is 0.463. The number of rotatable bonds is 8. The molecule has 3 aliphatic rings. The van der Waals surface area contributed by atoms with E-state index in [-0.39, 0.29) is 17.1 Å². The van der Waals surface area contributed by atoms with Gasteiger partial charge in [0, 0.05) is 44.4 Å². The zero-order chi connectivity index (χ0) is 25.4. The van der Waals surface area contributed by atoms with Crippen LogP contribution in [0.4, 0.5) is 10.2 Å². The van der Waals surface area contributed by atoms with Crippen LogP contribution >= 0.6 is 11.8 Å². The first kappa shape index (κ1) is 24.5. The molecule has 1 saturated heterocycles. The summed E-state index contributed by atoms with van der Waals surface area (Å²) in [4.78, 5) is 28.6. The van der Waals surface area contributed by atoms with E-state index in [0.717, 1.165) is 36.8 Å². The number of carbonyl (C=O) groups excluding carboxylic acids is 1. The van der Waals surface area contributed by atoms with Crippen molar-refractivity contribution in [2.75, 3.05) is 44.4 Å². The number of halogens is 1. The first-order valence-corrected chi connectivity index (χ1v) is 13.9. The van der Waals surface area contributed by atoms with Gasteiger partial charge in [0.15, 0.2) is 0 Å². The lowest BCUT2D eigenvalue weighted by molar-refractivity contribution is -0.113. The predicted molar refractivity (Wildman–Crippen MR) is 141 cm³/mol. The van der Waals surface area contributed by atoms with Crippen LogP contribution in [0.2, 0.25) is 0 Å². The predicted octanol–water partition coefficient (Wildman–Crippen LogP) is 3.65. The number of hydrogen-bond acceptors (Lipinski definition) is 8. The maximum Gasteiger partial charge on any atom is 0.235 e. The molecule has 2 N–H and O–H groups in total. The van der Waals surface area contributed by atoms with Gasteiger partial charge in [-0.2, -0.15) is 0 Å². The molecule has 0 aromatic carbocycles. The SMILES string of the molecule is COc1ccc2ncc(F)c(CCN3C[C@@H]4CCC[C@]4(CNCc4ccc5c(n4)NC(=O)CS5)C3)c2n1. The molecule has 2 atom stereocenters. The topological polar surface area (TPSA) is 92.3 Å². The fourth-order valence-electron chi connectivity index (χ4n) is 6.23. The smallest absolute Gasteiger partial charge is 0.235 e. The van der Waals surface area contributed by atoms with Gasteiger partial charge in [0.1, 0.15) is 11.6 Å². The molecule has 2 fully saturated rings. The number of fused-ring (bicyclic) bond motifs is 3. The van der Waals surface area contributed by atoms with E-state index in [1.54, 1.807) is 13.2 Å². The van der Waals surface area contributed by atoms with Crippen LogP contribution in [0.3, 0.4) is 0 Å². The van der Waals surface area contributed by atoms with Crippen molar-refractivity contribution in [3.05, 3.63) is 47.5 Å². The highest BCUT2D eigenvalue weighted by Gasteiger charge is 2.48. The largest absolute Gasteiger partial charge is 0.481 e. The number of methoxy groups -OCH3 is 1. The number of likely N-dealkylation sites (tertiary alicyclic amines) is 1. The summed E-state index contributed by atoms with van der Waals surface area (Å²) in [5.74, 6) is 1.93. The minimum atomic E-state index is -0.309. The average Bonchev–Trinajstić information content (AvgIpc) is 3.44. The lowest BCUT2D eigenvalue weighted by Gasteiger charge is -2.29. The van der Waals surface area contributed by atoms with Crippen molar-refractivity contribution < 1.29 is 13.9 Å². The number of ether oxygens (including phenoxy) is 1. The van der Waals surface area contributed by atoms with Crippen LogP contribution in [0.1, 0.15) is 30.5 Å². The second-order valence-corrected chi connectivity index (χ2v) is 11.3. The Hall–Kier alpha value is -2.82. The standard InChI is InChI=1S/C27H31FN6O2S/c1-36-24-7-5-21-25(33-24)19(20(28)12-30-21)8-10-34-13-17-3-2-9-27(17,16-34)15-29-11-18-4-6-22-26(31-18)32-23(35)14-37-22/h4-7,12,17,29H,2-3,8-11,13-16H2,1H3,(H,31,32,35)/t17-,27-/m0/s1. The van der Waals surface area contributed by atoms with Gasteiger partial charge in [0.25, 0.3) is 0 Å². The zero-order valence-corrected chi connectivity index (χ0v) is 21.7. The summed E-state index contributed by atoms with van der Waals surface area (Å²) in [6.07, 6.45) is 5.59. The highest BCUT2D eigenvalue weighted by molar-refractivity contribution is 8.00. The molecule has 0 unspecified atom stereocenters. The average molecular weight is 523 g/mol. The van der Waals surface area contributed by atoms with Crippen molar-refractivity contribution in [1.82, 2.24) is 25.2 Å². The third-order valence-corrected chi connectivity index (χ3v) is 9.10. The van der Waals surface area contributed by atoms with Crippen molar-refractivity contribution in [2.24, 2.45) is 11.3 Å². The number of nitrogens with one attached hydrogen (secondary N) is 2. The summed E-state index contributed by atoms with van der Waals surface area (Å²) in [7, 11) is 1.57. The molecule has 0 spiro atoms. The summed E-state index contributed by atoms with van der Waals surface area (Å²) in [5.41, 5.74) is 3.05. The van der Waals surface area contributed by atoms with Crippen molar-refractivity contribution in [3.63, 3.8) is 0 Å². The van der Waals surface area contributed by atoms with E-state index < -0.39 is 0 Å². The number of hydrogen-bond donors (Lipinski definition) is 2. The highest BCUT2D eigenvalue weighted by atomic mass is 32.2. The van der Waals surface area contributed by atoms with E-state index >= 15 is 0 Å². The Morgan fingerprint density at radius 1 is 1.30 bits per heavy atom. The molecular weight excluding hydrogens is 491 g/mol. The van der Waals surface area contributed by atoms with Crippen LogP contribution in [-0.2, 0) is 17.8 Å². The van der Waals surface area contributed by atoms with Gasteiger partial charge in [-0.25, -0.2) is 14.4 Å². The Bertz CT molecular complexity index is 1340. The number of anilines is 1. The van der Waals surface area contributed by atoms with Gasteiger partial charge >= 0.3 is 0 Å². The summed E-state index contributed by atoms with van der Waals surface area (Å²) < 4.78 is 20.0. The molecule has 1 aliphatic carbocycles. The van der Waals surface area contributed by atoms with E-state index in [2.05, 4.69) is 30.5 Å². The monoisotopic (exact) mass is 522 g/mol. The van der Waals surface area contributed by atoms with Gasteiger partial charge in [-0.1, -0.05) is 6.42 Å². The minimum Gasteiger partial charge on any atom is -0.481 e. The molecule has 0 radical (unpaired) electrons. The summed E-state index contributed by atoms with van der Waals surface area (Å²) >= 11 is 1.53. The number of pyridine rings is 3. The third kappa shape index (κ3) is 4.89. The first-order chi connectivity index (χ1) is 18.0. The molecule has 8 nitrogen and oxygen atoms in total. The number of thioether (sulfide) groups is 1. The number of carbonyl (C=O) groups is 1. The van der Waals surface area contributed by atoms with E-state index in [9.17, 15) is 9.18 Å². The number of aromatic nitrogens is 3. The molecule has 10 heteroatoms. The second-order valence-electron chi connectivity index (χ2n) is 10.3. The minimum absolute atomic E-state index is 0.00315. The molecule has 0 bridgehead atoms. The fraction of sp³-hybridized carbons (Fsp3) is 0.481. The Morgan fingerprint density at radius 3 is 3.11 bits per heavy atom. The molecule has 37 heavy (non-hydrogen) atoms. The molecule has 3 aromatic rings. The van der Waals surface area contributed by atoms with Crippen LogP contribution in [0.5, 0.6) is 5.88 Å². The molecule has 6 rings (SSSR count). The van der Waals surface area contributed by atoms with Crippen LogP contribution in [0, 0.1) is 17.2 Å². The zero-order valence-electron chi connectivity index (χ0n) is 20.9. The Morgan fingerprint density at radius 2 is 2.22 bits per heavy atom. The van der Waals surface area contributed by atoms with Gasteiger partial charge in [-0.15, -0.1) is 11.8 Å². The van der Waals surface area contributed by atoms with Crippen molar-refractivity contribution >= 4 is 34.5 Å². The van der Waals surface area contributed by atoms with E-state index in [4.69, 9.17) is 4.74 Å². The molecule has 5 heterocycles. The maximum absolute atomic E-state index is 14.8. The molecule has 194 valence electrons. The van der Waals surface area contributed by atoms with Gasteiger partial charge in [0.05, 0.1) is 40.7 Å². The number of nitrogens with zero attached hydrogens (tertiary/aromatic N) is 4. The van der Waals surface area contributed by atoms with Gasteiger partial charge < -0.3 is 20.3 Å².